The van der Waals surface area contributed by atoms with Gasteiger partial charge in [0.1, 0.15) is 0 Å². The molecule has 2 N–H and O–H groups in total. The number of rotatable bonds is 7. The largest absolute Gasteiger partial charge is 0.459 e. The minimum Gasteiger partial charge on any atom is -0.459 e. The smallest absolute Gasteiger partial charge is 0.291 e. The highest BCUT2D eigenvalue weighted by atomic mass is 16.3. The molecular formula is C25H25N3O4. The first-order valence-electron chi connectivity index (χ1n) is 10.6. The van der Waals surface area contributed by atoms with Crippen molar-refractivity contribution in [2.75, 3.05) is 16.8 Å². The zero-order valence-electron chi connectivity index (χ0n) is 17.8. The van der Waals surface area contributed by atoms with Crippen molar-refractivity contribution in [2.45, 2.75) is 26.3 Å². The molecule has 2 heterocycles. The lowest BCUT2D eigenvalue weighted by molar-refractivity contribution is -0.126. The van der Waals surface area contributed by atoms with Crippen LogP contribution in [0.4, 0.5) is 11.4 Å². The number of carbonyl (C=O) groups excluding carboxylic acids is 3. The predicted molar refractivity (Wildman–Crippen MR) is 121 cm³/mol. The molecule has 1 aliphatic rings. The Hall–Kier alpha value is -3.87. The number of hydrogen-bond donors (Lipinski definition) is 2. The van der Waals surface area contributed by atoms with Crippen LogP contribution in [0.25, 0.3) is 0 Å². The van der Waals surface area contributed by atoms with Crippen LogP contribution in [0.5, 0.6) is 0 Å². The molecule has 32 heavy (non-hydrogen) atoms. The van der Waals surface area contributed by atoms with E-state index in [4.69, 9.17) is 4.42 Å². The first-order chi connectivity index (χ1) is 15.5. The second-order valence-electron chi connectivity index (χ2n) is 7.77. The third-order valence-electron chi connectivity index (χ3n) is 5.55. The second kappa shape index (κ2) is 9.51. The summed E-state index contributed by atoms with van der Waals surface area (Å²) < 4.78 is 5.07. The topological polar surface area (TPSA) is 91.7 Å². The molecule has 7 nitrogen and oxygen atoms in total. The van der Waals surface area contributed by atoms with Crippen molar-refractivity contribution in [1.82, 2.24) is 5.32 Å². The van der Waals surface area contributed by atoms with Crippen molar-refractivity contribution in [3.05, 3.63) is 83.8 Å². The van der Waals surface area contributed by atoms with Gasteiger partial charge in [-0.1, -0.05) is 31.2 Å². The summed E-state index contributed by atoms with van der Waals surface area (Å²) in [4.78, 5) is 38.8. The van der Waals surface area contributed by atoms with Gasteiger partial charge in [-0.05, 0) is 53.9 Å². The second-order valence-corrected chi connectivity index (χ2v) is 7.77. The highest BCUT2D eigenvalue weighted by Crippen LogP contribution is 2.26. The molecule has 4 rings (SSSR count). The van der Waals surface area contributed by atoms with Crippen molar-refractivity contribution < 1.29 is 18.8 Å². The van der Waals surface area contributed by atoms with E-state index in [0.29, 0.717) is 18.8 Å². The van der Waals surface area contributed by atoms with E-state index < -0.39 is 0 Å². The van der Waals surface area contributed by atoms with Gasteiger partial charge in [0.05, 0.1) is 12.2 Å². The van der Waals surface area contributed by atoms with E-state index in [9.17, 15) is 14.4 Å². The van der Waals surface area contributed by atoms with Crippen LogP contribution in [0, 0.1) is 5.92 Å². The zero-order chi connectivity index (χ0) is 22.5. The Balaban J connectivity index is 1.30. The molecule has 1 aromatic heterocycles. The summed E-state index contributed by atoms with van der Waals surface area (Å²) in [6, 6.07) is 18.3. The third kappa shape index (κ3) is 4.88. The number of carbonyl (C=O) groups is 3. The van der Waals surface area contributed by atoms with E-state index in [1.165, 1.54) is 6.26 Å². The fraction of sp³-hybridized carbons (Fsp3) is 0.240. The minimum absolute atomic E-state index is 0.0324. The van der Waals surface area contributed by atoms with Gasteiger partial charge in [-0.3, -0.25) is 14.4 Å². The first-order valence-corrected chi connectivity index (χ1v) is 10.6. The lowest BCUT2D eigenvalue weighted by atomic mass is 10.1. The molecule has 1 unspecified atom stereocenters. The normalized spacial score (nSPS) is 15.6. The molecule has 1 fully saturated rings. The lowest BCUT2D eigenvalue weighted by Crippen LogP contribution is -2.32. The molecule has 2 aromatic carbocycles. The van der Waals surface area contributed by atoms with Crippen molar-refractivity contribution in [3.8, 4) is 0 Å². The Morgan fingerprint density at radius 2 is 1.88 bits per heavy atom. The molecule has 0 spiro atoms. The molecule has 3 amide bonds. The first kappa shape index (κ1) is 21.4. The number of benzene rings is 2. The van der Waals surface area contributed by atoms with E-state index in [2.05, 4.69) is 17.6 Å². The standard InChI is InChI=1S/C25H25N3O4/c1-2-17-5-3-6-21(13-17)28-16-19(14-23(28)29)24(30)26-15-18-8-10-20(11-9-18)27-25(31)22-7-4-12-32-22/h3-13,19H,2,14-16H2,1H3,(H,26,30)(H,27,31). The van der Waals surface area contributed by atoms with Gasteiger partial charge in [-0.25, -0.2) is 0 Å². The highest BCUT2D eigenvalue weighted by molar-refractivity contribution is 6.02. The van der Waals surface area contributed by atoms with Crippen molar-refractivity contribution in [1.29, 1.82) is 0 Å². The van der Waals surface area contributed by atoms with Crippen LogP contribution in [0.15, 0.2) is 71.3 Å². The van der Waals surface area contributed by atoms with Crippen LogP contribution in [-0.4, -0.2) is 24.3 Å². The highest BCUT2D eigenvalue weighted by Gasteiger charge is 2.35. The maximum atomic E-state index is 12.7. The monoisotopic (exact) mass is 431 g/mol. The Labute approximate surface area is 186 Å². The number of nitrogens with zero attached hydrogens (tertiary/aromatic N) is 1. The summed E-state index contributed by atoms with van der Waals surface area (Å²) in [5.41, 5.74) is 3.53. The summed E-state index contributed by atoms with van der Waals surface area (Å²) in [6.07, 6.45) is 2.55. The van der Waals surface area contributed by atoms with Gasteiger partial charge in [0, 0.05) is 30.9 Å². The molecule has 0 aliphatic carbocycles. The average molecular weight is 431 g/mol. The van der Waals surface area contributed by atoms with Gasteiger partial charge in [0.25, 0.3) is 5.91 Å². The average Bonchev–Trinajstić information content (AvgIpc) is 3.49. The van der Waals surface area contributed by atoms with Crippen LogP contribution in [0.2, 0.25) is 0 Å². The van der Waals surface area contributed by atoms with E-state index >= 15 is 0 Å². The minimum atomic E-state index is -0.375. The van der Waals surface area contributed by atoms with E-state index in [1.54, 1.807) is 29.2 Å². The SMILES string of the molecule is CCc1cccc(N2CC(C(=O)NCc3ccc(NC(=O)c4ccco4)cc3)CC2=O)c1. The summed E-state index contributed by atoms with van der Waals surface area (Å²) >= 11 is 0. The van der Waals surface area contributed by atoms with Crippen molar-refractivity contribution in [3.63, 3.8) is 0 Å². The van der Waals surface area contributed by atoms with E-state index in [1.807, 2.05) is 36.4 Å². The fourth-order valence-corrected chi connectivity index (χ4v) is 3.72. The number of anilines is 2. The molecule has 0 saturated carbocycles. The quantitative estimate of drug-likeness (QED) is 0.596. The molecular weight excluding hydrogens is 406 g/mol. The molecule has 3 aromatic rings. The van der Waals surface area contributed by atoms with E-state index in [0.717, 1.165) is 23.2 Å². The molecule has 0 bridgehead atoms. The van der Waals surface area contributed by atoms with Crippen molar-refractivity contribution in [2.24, 2.45) is 5.92 Å². The molecule has 1 atom stereocenters. The zero-order valence-corrected chi connectivity index (χ0v) is 17.8. The predicted octanol–water partition coefficient (Wildman–Crippen LogP) is 3.76. The Morgan fingerprint density at radius 1 is 1.06 bits per heavy atom. The van der Waals surface area contributed by atoms with E-state index in [-0.39, 0.29) is 35.8 Å². The van der Waals surface area contributed by atoms with Crippen LogP contribution < -0.4 is 15.5 Å². The Bertz CT molecular complexity index is 1110. The fourth-order valence-electron chi connectivity index (χ4n) is 3.72. The molecule has 1 saturated heterocycles. The van der Waals surface area contributed by atoms with Gasteiger partial charge in [-0.15, -0.1) is 0 Å². The number of furan rings is 1. The van der Waals surface area contributed by atoms with Crippen molar-refractivity contribution >= 4 is 29.1 Å². The lowest BCUT2D eigenvalue weighted by Gasteiger charge is -2.17. The number of nitrogens with one attached hydrogen (secondary N) is 2. The third-order valence-corrected chi connectivity index (χ3v) is 5.55. The van der Waals surface area contributed by atoms with Gasteiger partial charge < -0.3 is 20.0 Å². The number of amides is 3. The maximum absolute atomic E-state index is 12.7. The molecule has 0 radical (unpaired) electrons. The number of aryl methyl sites for hydroxylation is 1. The van der Waals surface area contributed by atoms with Crippen LogP contribution in [-0.2, 0) is 22.6 Å². The maximum Gasteiger partial charge on any atom is 0.291 e. The van der Waals surface area contributed by atoms with Gasteiger partial charge in [0.2, 0.25) is 11.8 Å². The van der Waals surface area contributed by atoms with Crippen LogP contribution in [0.1, 0.15) is 35.0 Å². The van der Waals surface area contributed by atoms with Gasteiger partial charge >= 0.3 is 0 Å². The molecule has 1 aliphatic heterocycles. The Morgan fingerprint density at radius 3 is 2.59 bits per heavy atom. The molecule has 164 valence electrons. The van der Waals surface area contributed by atoms with Gasteiger partial charge in [0.15, 0.2) is 5.76 Å². The summed E-state index contributed by atoms with van der Waals surface area (Å²) in [5.74, 6) is -0.628. The van der Waals surface area contributed by atoms with Crippen LogP contribution in [0.3, 0.4) is 0 Å². The van der Waals surface area contributed by atoms with Gasteiger partial charge in [-0.2, -0.15) is 0 Å². The Kier molecular flexibility index (Phi) is 6.35. The number of hydrogen-bond acceptors (Lipinski definition) is 4. The molecule has 7 heteroatoms. The summed E-state index contributed by atoms with van der Waals surface area (Å²) in [5, 5.41) is 5.67. The summed E-state index contributed by atoms with van der Waals surface area (Å²) in [7, 11) is 0. The summed E-state index contributed by atoms with van der Waals surface area (Å²) in [6.45, 7) is 2.80. The van der Waals surface area contributed by atoms with Crippen LogP contribution >= 0.6 is 0 Å².